The number of carbonyl (C=O) groups excluding carboxylic acids is 4. The number of rotatable bonds is 15. The molecule has 200 valence electrons. The normalized spacial score (nSPS) is 15.0. The van der Waals surface area contributed by atoms with Crippen molar-refractivity contribution in [3.8, 4) is 5.75 Å². The van der Waals surface area contributed by atoms with Crippen molar-refractivity contribution in [2.45, 2.75) is 56.5 Å². The number of carboxylic acids is 1. The summed E-state index contributed by atoms with van der Waals surface area (Å²) in [7, 11) is 0. The summed E-state index contributed by atoms with van der Waals surface area (Å²) in [6, 6.07) is 0.519. The zero-order valence-corrected chi connectivity index (χ0v) is 20.8. The quantitative estimate of drug-likeness (QED) is 0.123. The summed E-state index contributed by atoms with van der Waals surface area (Å²) in [6.45, 7) is 1.22. The van der Waals surface area contributed by atoms with Crippen molar-refractivity contribution >= 4 is 41.4 Å². The second-order valence-electron chi connectivity index (χ2n) is 8.12. The molecule has 10 N–H and O–H groups in total. The van der Waals surface area contributed by atoms with Gasteiger partial charge in [-0.2, -0.15) is 11.8 Å². The molecule has 14 heteroatoms. The highest BCUT2D eigenvalue weighted by Crippen LogP contribution is 2.11. The average Bonchev–Trinajstić information content (AvgIpc) is 2.79. The molecule has 1 aromatic carbocycles. The first-order valence-corrected chi connectivity index (χ1v) is 12.4. The van der Waals surface area contributed by atoms with Crippen LogP contribution in [0.2, 0.25) is 0 Å². The number of nitrogens with one attached hydrogen (secondary N) is 3. The number of aliphatic carboxylic acids is 1. The van der Waals surface area contributed by atoms with Crippen molar-refractivity contribution in [1.29, 1.82) is 0 Å². The Hall–Kier alpha value is -3.36. The smallest absolute Gasteiger partial charge is 0.326 e. The Morgan fingerprint density at radius 1 is 0.972 bits per heavy atom. The third-order valence-electron chi connectivity index (χ3n) is 5.05. The van der Waals surface area contributed by atoms with Crippen LogP contribution in [0.25, 0.3) is 0 Å². The van der Waals surface area contributed by atoms with E-state index >= 15 is 0 Å². The predicted octanol–water partition coefficient (Wildman–Crippen LogP) is -2.19. The fraction of sp³-hybridized carbons (Fsp3) is 0.500. The molecular weight excluding hydrogens is 494 g/mol. The molecule has 0 saturated heterocycles. The number of benzene rings is 1. The summed E-state index contributed by atoms with van der Waals surface area (Å²) in [6.07, 6.45) is -0.129. The summed E-state index contributed by atoms with van der Waals surface area (Å²) < 4.78 is 0. The zero-order valence-electron chi connectivity index (χ0n) is 20.0. The van der Waals surface area contributed by atoms with Crippen molar-refractivity contribution in [2.75, 3.05) is 12.0 Å². The predicted molar refractivity (Wildman–Crippen MR) is 132 cm³/mol. The molecule has 1 rings (SSSR count). The van der Waals surface area contributed by atoms with Gasteiger partial charge in [0, 0.05) is 0 Å². The third kappa shape index (κ3) is 10.5. The lowest BCUT2D eigenvalue weighted by molar-refractivity contribution is -0.142. The summed E-state index contributed by atoms with van der Waals surface area (Å²) in [5.41, 5.74) is 11.7. The first-order chi connectivity index (χ1) is 16.8. The summed E-state index contributed by atoms with van der Waals surface area (Å²) >= 11 is 1.37. The SMILES string of the molecule is CSCCC(NC(=O)C(CC(N)=O)NC(=O)C(NC(=O)C(N)Cc1ccc(O)cc1)C(C)O)C(=O)O. The monoisotopic (exact) mass is 527 g/mol. The molecular formula is C22H33N5O8S. The van der Waals surface area contributed by atoms with Crippen molar-refractivity contribution in [1.82, 2.24) is 16.0 Å². The fourth-order valence-electron chi connectivity index (χ4n) is 3.08. The van der Waals surface area contributed by atoms with E-state index in [2.05, 4.69) is 16.0 Å². The largest absolute Gasteiger partial charge is 0.508 e. The van der Waals surface area contributed by atoms with Gasteiger partial charge >= 0.3 is 5.97 Å². The number of hydrogen-bond donors (Lipinski definition) is 8. The number of thioether (sulfide) groups is 1. The molecule has 0 radical (unpaired) electrons. The van der Waals surface area contributed by atoms with Gasteiger partial charge in [0.1, 0.15) is 23.9 Å². The standard InChI is InChI=1S/C22H33N5O8S/c1-11(28)18(27-19(31)14(23)9-12-3-5-13(29)6-4-12)21(33)26-16(10-17(24)30)20(32)25-15(22(34)35)7-8-36-2/h3-6,11,14-16,18,28-29H,7-10,23H2,1-2H3,(H2,24,30)(H,25,32)(H,26,33)(H,27,31)(H,34,35). The lowest BCUT2D eigenvalue weighted by Crippen LogP contribution is -2.60. The van der Waals surface area contributed by atoms with E-state index in [1.54, 1.807) is 18.4 Å². The van der Waals surface area contributed by atoms with E-state index < -0.39 is 66.3 Å². The molecule has 0 fully saturated rings. The molecule has 0 aliphatic rings. The second kappa shape index (κ2) is 14.9. The molecule has 0 aromatic heterocycles. The van der Waals surface area contributed by atoms with Crippen LogP contribution in [-0.2, 0) is 30.4 Å². The number of nitrogens with two attached hydrogens (primary N) is 2. The van der Waals surface area contributed by atoms with Crippen LogP contribution >= 0.6 is 11.8 Å². The van der Waals surface area contributed by atoms with E-state index in [9.17, 15) is 39.3 Å². The molecule has 1 aromatic rings. The number of phenols is 1. The second-order valence-corrected chi connectivity index (χ2v) is 9.10. The fourth-order valence-corrected chi connectivity index (χ4v) is 3.55. The molecule has 4 amide bonds. The Morgan fingerprint density at radius 2 is 1.56 bits per heavy atom. The summed E-state index contributed by atoms with van der Waals surface area (Å²) in [5.74, 6) is -4.51. The van der Waals surface area contributed by atoms with Gasteiger partial charge in [-0.3, -0.25) is 19.2 Å². The van der Waals surface area contributed by atoms with Gasteiger partial charge in [-0.25, -0.2) is 4.79 Å². The minimum absolute atomic E-state index is 0.0380. The van der Waals surface area contributed by atoms with E-state index in [-0.39, 0.29) is 18.6 Å². The molecule has 0 spiro atoms. The topological polar surface area (TPSA) is 234 Å². The summed E-state index contributed by atoms with van der Waals surface area (Å²) in [5, 5.41) is 35.5. The van der Waals surface area contributed by atoms with Crippen LogP contribution in [0.3, 0.4) is 0 Å². The number of aliphatic hydroxyl groups is 1. The van der Waals surface area contributed by atoms with Crippen LogP contribution < -0.4 is 27.4 Å². The number of carboxylic acid groups (broad SMARTS) is 1. The lowest BCUT2D eigenvalue weighted by Gasteiger charge is -2.26. The Morgan fingerprint density at radius 3 is 2.06 bits per heavy atom. The van der Waals surface area contributed by atoms with Crippen LogP contribution in [0.5, 0.6) is 5.75 Å². The Labute approximate surface area is 212 Å². The Bertz CT molecular complexity index is 928. The van der Waals surface area contributed by atoms with Crippen LogP contribution in [-0.4, -0.2) is 87.2 Å². The molecule has 0 aliphatic carbocycles. The number of amides is 4. The van der Waals surface area contributed by atoms with E-state index in [0.717, 1.165) is 0 Å². The number of phenolic OH excluding ortho intramolecular Hbond substituents is 1. The maximum absolute atomic E-state index is 12.8. The molecule has 5 unspecified atom stereocenters. The molecule has 5 atom stereocenters. The van der Waals surface area contributed by atoms with Crippen molar-refractivity contribution in [3.63, 3.8) is 0 Å². The Kier molecular flexibility index (Phi) is 12.7. The number of primary amides is 1. The number of aliphatic hydroxyl groups excluding tert-OH is 1. The highest BCUT2D eigenvalue weighted by atomic mass is 32.2. The van der Waals surface area contributed by atoms with Crippen LogP contribution in [0.4, 0.5) is 0 Å². The minimum atomic E-state index is -1.55. The van der Waals surface area contributed by atoms with Gasteiger partial charge in [0.15, 0.2) is 0 Å². The highest BCUT2D eigenvalue weighted by molar-refractivity contribution is 7.98. The molecule has 0 saturated carbocycles. The molecule has 0 bridgehead atoms. The average molecular weight is 528 g/mol. The highest BCUT2D eigenvalue weighted by Gasteiger charge is 2.33. The first kappa shape index (κ1) is 30.7. The van der Waals surface area contributed by atoms with Crippen molar-refractivity contribution in [2.24, 2.45) is 11.5 Å². The number of hydrogen-bond acceptors (Lipinski definition) is 9. The minimum Gasteiger partial charge on any atom is -0.508 e. The number of aromatic hydroxyl groups is 1. The van der Waals surface area contributed by atoms with Gasteiger partial charge in [0.05, 0.1) is 18.6 Å². The van der Waals surface area contributed by atoms with Gasteiger partial charge in [-0.15, -0.1) is 0 Å². The molecule has 0 heterocycles. The van der Waals surface area contributed by atoms with Crippen molar-refractivity contribution in [3.05, 3.63) is 29.8 Å². The Balaban J connectivity index is 2.91. The summed E-state index contributed by atoms with van der Waals surface area (Å²) in [4.78, 5) is 60.9. The molecule has 0 aliphatic heterocycles. The third-order valence-corrected chi connectivity index (χ3v) is 5.70. The van der Waals surface area contributed by atoms with Crippen LogP contribution in [0, 0.1) is 0 Å². The van der Waals surface area contributed by atoms with Gasteiger partial charge in [0.25, 0.3) is 0 Å². The maximum atomic E-state index is 12.8. The van der Waals surface area contributed by atoms with Gasteiger partial charge in [-0.1, -0.05) is 12.1 Å². The zero-order chi connectivity index (χ0) is 27.4. The van der Waals surface area contributed by atoms with Crippen LogP contribution in [0.15, 0.2) is 24.3 Å². The number of carbonyl (C=O) groups is 5. The maximum Gasteiger partial charge on any atom is 0.326 e. The van der Waals surface area contributed by atoms with Gasteiger partial charge in [-0.05, 0) is 49.5 Å². The van der Waals surface area contributed by atoms with E-state index in [1.807, 2.05) is 0 Å². The van der Waals surface area contributed by atoms with E-state index in [0.29, 0.717) is 11.3 Å². The van der Waals surface area contributed by atoms with Gasteiger partial charge in [0.2, 0.25) is 23.6 Å². The van der Waals surface area contributed by atoms with Crippen LogP contribution in [0.1, 0.15) is 25.3 Å². The van der Waals surface area contributed by atoms with Crippen molar-refractivity contribution < 1.29 is 39.3 Å². The lowest BCUT2D eigenvalue weighted by atomic mass is 10.0. The first-order valence-electron chi connectivity index (χ1n) is 11.0. The van der Waals surface area contributed by atoms with E-state index in [1.165, 1.54) is 30.8 Å². The molecule has 13 nitrogen and oxygen atoms in total. The molecule has 36 heavy (non-hydrogen) atoms. The van der Waals surface area contributed by atoms with Gasteiger partial charge < -0.3 is 42.7 Å². The van der Waals surface area contributed by atoms with E-state index in [4.69, 9.17) is 11.5 Å².